The molecular formula is C8H4F3N3O2S. The number of aromatic nitrogens is 3. The van der Waals surface area contributed by atoms with E-state index in [1.807, 2.05) is 0 Å². The molecule has 0 aliphatic carbocycles. The minimum absolute atomic E-state index is 0.320. The molecule has 0 atom stereocenters. The second kappa shape index (κ2) is 3.55. The summed E-state index contributed by atoms with van der Waals surface area (Å²) in [5.41, 5.74) is -1.83. The van der Waals surface area contributed by atoms with Gasteiger partial charge in [0.1, 0.15) is 15.9 Å². The molecule has 2 aromatic heterocycles. The van der Waals surface area contributed by atoms with Crippen LogP contribution < -0.4 is 0 Å². The van der Waals surface area contributed by atoms with Crippen LogP contribution in [0.1, 0.15) is 16.1 Å². The molecule has 2 heterocycles. The van der Waals surface area contributed by atoms with Crippen LogP contribution in [-0.4, -0.2) is 25.7 Å². The normalized spacial score (nSPS) is 11.9. The van der Waals surface area contributed by atoms with Crippen molar-refractivity contribution in [3.05, 3.63) is 28.2 Å². The Kier molecular flexibility index (Phi) is 2.42. The lowest BCUT2D eigenvalue weighted by Gasteiger charge is -2.08. The molecule has 0 saturated heterocycles. The number of nitrogens with zero attached hydrogens (tertiary/aromatic N) is 2. The van der Waals surface area contributed by atoms with Crippen molar-refractivity contribution < 1.29 is 23.1 Å². The molecule has 2 rings (SSSR count). The van der Waals surface area contributed by atoms with E-state index < -0.39 is 17.8 Å². The van der Waals surface area contributed by atoms with Crippen LogP contribution in [0, 0.1) is 4.64 Å². The zero-order valence-electron chi connectivity index (χ0n) is 7.95. The largest absolute Gasteiger partial charge is 0.477 e. The molecule has 0 fully saturated rings. The second-order valence-electron chi connectivity index (χ2n) is 3.13. The third-order valence-electron chi connectivity index (χ3n) is 2.03. The molecule has 90 valence electrons. The predicted octanol–water partition coefficient (Wildman–Crippen LogP) is 2.11. The molecule has 17 heavy (non-hydrogen) atoms. The summed E-state index contributed by atoms with van der Waals surface area (Å²) in [5, 5.41) is 10.9. The van der Waals surface area contributed by atoms with Crippen LogP contribution in [0.4, 0.5) is 13.2 Å². The number of carboxylic acid groups (broad SMARTS) is 1. The SMILES string of the molecule is O=C(O)c1c[nH]n2c(C(F)(F)F)cc(=S)nc12. The number of hydrogen-bond acceptors (Lipinski definition) is 3. The number of H-pyrrole nitrogens is 1. The molecule has 0 aliphatic rings. The number of aromatic amines is 1. The van der Waals surface area contributed by atoms with Crippen LogP contribution in [-0.2, 0) is 6.18 Å². The minimum atomic E-state index is -4.65. The van der Waals surface area contributed by atoms with Gasteiger partial charge in [0, 0.05) is 12.3 Å². The fourth-order valence-electron chi connectivity index (χ4n) is 1.35. The first-order chi connectivity index (χ1) is 7.80. The molecule has 2 N–H and O–H groups in total. The average Bonchev–Trinajstić information content (AvgIpc) is 2.57. The molecule has 0 aliphatic heterocycles. The number of alkyl halides is 3. The molecule has 0 bridgehead atoms. The first-order valence-corrected chi connectivity index (χ1v) is 4.63. The van der Waals surface area contributed by atoms with Gasteiger partial charge in [0.05, 0.1) is 0 Å². The zero-order valence-corrected chi connectivity index (χ0v) is 8.76. The molecule has 5 nitrogen and oxygen atoms in total. The van der Waals surface area contributed by atoms with Crippen LogP contribution >= 0.6 is 12.2 Å². The van der Waals surface area contributed by atoms with E-state index in [0.717, 1.165) is 6.20 Å². The lowest BCUT2D eigenvalue weighted by atomic mass is 10.3. The topological polar surface area (TPSA) is 70.4 Å². The van der Waals surface area contributed by atoms with Gasteiger partial charge in [-0.05, 0) is 0 Å². The van der Waals surface area contributed by atoms with Crippen LogP contribution in [0.25, 0.3) is 5.65 Å². The first-order valence-electron chi connectivity index (χ1n) is 4.22. The van der Waals surface area contributed by atoms with Gasteiger partial charge in [-0.25, -0.2) is 14.3 Å². The lowest BCUT2D eigenvalue weighted by Crippen LogP contribution is -2.13. The van der Waals surface area contributed by atoms with Gasteiger partial charge in [-0.2, -0.15) is 13.2 Å². The number of hydrogen-bond donors (Lipinski definition) is 2. The number of carbonyl (C=O) groups is 1. The summed E-state index contributed by atoms with van der Waals surface area (Å²) >= 11 is 4.58. The van der Waals surface area contributed by atoms with Gasteiger partial charge in [0.15, 0.2) is 5.65 Å². The van der Waals surface area contributed by atoms with Gasteiger partial charge < -0.3 is 5.11 Å². The summed E-state index contributed by atoms with van der Waals surface area (Å²) < 4.78 is 38.2. The van der Waals surface area contributed by atoms with Crippen molar-refractivity contribution in [2.45, 2.75) is 6.18 Å². The van der Waals surface area contributed by atoms with Gasteiger partial charge in [-0.15, -0.1) is 0 Å². The Hall–Kier alpha value is -1.90. The maximum Gasteiger partial charge on any atom is 0.433 e. The Labute approximate surface area is 96.5 Å². The number of halogens is 3. The Morgan fingerprint density at radius 2 is 2.18 bits per heavy atom. The van der Waals surface area contributed by atoms with Gasteiger partial charge in [-0.1, -0.05) is 12.2 Å². The summed E-state index contributed by atoms with van der Waals surface area (Å²) in [6.45, 7) is 0. The number of rotatable bonds is 1. The molecule has 0 spiro atoms. The molecule has 0 unspecified atom stereocenters. The quantitative estimate of drug-likeness (QED) is 0.773. The number of aromatic carboxylic acids is 1. The van der Waals surface area contributed by atoms with Crippen LogP contribution in [0.2, 0.25) is 0 Å². The van der Waals surface area contributed by atoms with Crippen molar-refractivity contribution >= 4 is 23.8 Å². The van der Waals surface area contributed by atoms with Crippen molar-refractivity contribution in [3.8, 4) is 0 Å². The molecule has 0 saturated carbocycles. The second-order valence-corrected chi connectivity index (χ2v) is 3.55. The van der Waals surface area contributed by atoms with Crippen molar-refractivity contribution in [2.24, 2.45) is 0 Å². The van der Waals surface area contributed by atoms with Crippen molar-refractivity contribution in [3.63, 3.8) is 0 Å². The minimum Gasteiger partial charge on any atom is -0.477 e. The monoisotopic (exact) mass is 263 g/mol. The van der Waals surface area contributed by atoms with E-state index in [9.17, 15) is 18.0 Å². The van der Waals surface area contributed by atoms with E-state index in [4.69, 9.17) is 5.11 Å². The van der Waals surface area contributed by atoms with Crippen molar-refractivity contribution in [1.29, 1.82) is 0 Å². The van der Waals surface area contributed by atoms with Crippen molar-refractivity contribution in [2.75, 3.05) is 0 Å². The van der Waals surface area contributed by atoms with Crippen molar-refractivity contribution in [1.82, 2.24) is 14.6 Å². The average molecular weight is 263 g/mol. The Morgan fingerprint density at radius 1 is 1.53 bits per heavy atom. The highest BCUT2D eigenvalue weighted by molar-refractivity contribution is 7.71. The summed E-state index contributed by atoms with van der Waals surface area (Å²) in [6, 6.07) is 0.657. The highest BCUT2D eigenvalue weighted by atomic mass is 32.1. The zero-order chi connectivity index (χ0) is 12.8. The lowest BCUT2D eigenvalue weighted by molar-refractivity contribution is -0.142. The third kappa shape index (κ3) is 1.88. The third-order valence-corrected chi connectivity index (χ3v) is 2.24. The fourth-order valence-corrected chi connectivity index (χ4v) is 1.55. The first kappa shape index (κ1) is 11.6. The van der Waals surface area contributed by atoms with Crippen LogP contribution in [0.3, 0.4) is 0 Å². The van der Waals surface area contributed by atoms with Gasteiger partial charge >= 0.3 is 12.1 Å². The van der Waals surface area contributed by atoms with Crippen LogP contribution in [0.5, 0.6) is 0 Å². The summed E-state index contributed by atoms with van der Waals surface area (Å²) in [7, 11) is 0. The van der Waals surface area contributed by atoms with Crippen LogP contribution in [0.15, 0.2) is 12.3 Å². The van der Waals surface area contributed by atoms with E-state index in [0.29, 0.717) is 10.6 Å². The maximum atomic E-state index is 12.6. The van der Waals surface area contributed by atoms with Gasteiger partial charge in [0.25, 0.3) is 0 Å². The fraction of sp³-hybridized carbons (Fsp3) is 0.125. The summed E-state index contributed by atoms with van der Waals surface area (Å²) in [4.78, 5) is 14.4. The van der Waals surface area contributed by atoms with Gasteiger partial charge in [-0.3, -0.25) is 5.10 Å². The standard InChI is InChI=1S/C8H4F3N3O2S/c9-8(10,11)4-1-5(17)13-6-3(7(15)16)2-12-14(4)6/h1-2,12H,(H,15,16). The highest BCUT2D eigenvalue weighted by Crippen LogP contribution is 2.29. The molecular weight excluding hydrogens is 259 g/mol. The molecule has 9 heteroatoms. The molecule has 0 amide bonds. The number of fused-ring (bicyclic) bond motifs is 1. The summed E-state index contributed by atoms with van der Waals surface area (Å²) in [5.74, 6) is -1.38. The van der Waals surface area contributed by atoms with E-state index in [1.165, 1.54) is 0 Å². The predicted molar refractivity (Wildman–Crippen MR) is 52.3 cm³/mol. The number of nitrogens with one attached hydrogen (secondary N) is 1. The van der Waals surface area contributed by atoms with E-state index in [2.05, 4.69) is 22.3 Å². The Balaban J connectivity index is 2.89. The van der Waals surface area contributed by atoms with E-state index in [1.54, 1.807) is 0 Å². The maximum absolute atomic E-state index is 12.6. The summed E-state index contributed by atoms with van der Waals surface area (Å²) in [6.07, 6.45) is -3.73. The smallest absolute Gasteiger partial charge is 0.433 e. The Morgan fingerprint density at radius 3 is 2.71 bits per heavy atom. The molecule has 0 radical (unpaired) electrons. The molecule has 0 aromatic carbocycles. The number of carboxylic acids is 1. The highest BCUT2D eigenvalue weighted by Gasteiger charge is 2.35. The van der Waals surface area contributed by atoms with Gasteiger partial charge in [0.2, 0.25) is 0 Å². The Bertz CT molecular complexity index is 658. The molecule has 2 aromatic rings. The van der Waals surface area contributed by atoms with E-state index in [-0.39, 0.29) is 15.9 Å². The van der Waals surface area contributed by atoms with E-state index >= 15 is 0 Å².